The first kappa shape index (κ1) is 16.1. The molecule has 0 bridgehead atoms. The van der Waals surface area contributed by atoms with Crippen molar-refractivity contribution in [1.82, 2.24) is 10.6 Å². The molecule has 0 saturated carbocycles. The third-order valence-electron chi connectivity index (χ3n) is 2.82. The highest BCUT2D eigenvalue weighted by atomic mass is 16.5. The summed E-state index contributed by atoms with van der Waals surface area (Å²) in [5, 5.41) is 14.4. The number of hydrogen-bond donors (Lipinski definition) is 3. The summed E-state index contributed by atoms with van der Waals surface area (Å²) < 4.78 is 10.4. The average Bonchev–Trinajstić information content (AvgIpc) is 2.37. The number of hydrogen-bond acceptors (Lipinski definition) is 4. The zero-order valence-corrected chi connectivity index (χ0v) is 12.3. The monoisotopic (exact) mass is 282 g/mol. The van der Waals surface area contributed by atoms with E-state index < -0.39 is 11.6 Å². The van der Waals surface area contributed by atoms with Gasteiger partial charge in [0.15, 0.2) is 0 Å². The maximum Gasteiger partial charge on any atom is 0.405 e. The molecule has 0 saturated heterocycles. The fraction of sp³-hybridized carbons (Fsp3) is 0.500. The number of benzene rings is 1. The van der Waals surface area contributed by atoms with Crippen molar-refractivity contribution in [3.63, 3.8) is 0 Å². The average molecular weight is 282 g/mol. The summed E-state index contributed by atoms with van der Waals surface area (Å²) in [6, 6.07) is 5.60. The normalized spacial score (nSPS) is 11.0. The summed E-state index contributed by atoms with van der Waals surface area (Å²) in [6.07, 6.45) is -1.03. The Kier molecular flexibility index (Phi) is 5.64. The first-order valence-corrected chi connectivity index (χ1v) is 6.30. The first-order chi connectivity index (χ1) is 9.38. The molecule has 0 aromatic heterocycles. The van der Waals surface area contributed by atoms with E-state index in [4.69, 9.17) is 14.6 Å². The summed E-state index contributed by atoms with van der Waals surface area (Å²) >= 11 is 0. The number of nitrogens with one attached hydrogen (secondary N) is 2. The number of amides is 1. The molecule has 6 heteroatoms. The molecular formula is C14H22N2O4. The fourth-order valence-corrected chi connectivity index (χ4v) is 1.84. The van der Waals surface area contributed by atoms with E-state index in [2.05, 4.69) is 10.6 Å². The van der Waals surface area contributed by atoms with Crippen molar-refractivity contribution in [1.29, 1.82) is 0 Å². The maximum atomic E-state index is 10.6. The second kappa shape index (κ2) is 7.00. The zero-order chi connectivity index (χ0) is 15.2. The highest BCUT2D eigenvalue weighted by Crippen LogP contribution is 2.24. The van der Waals surface area contributed by atoms with E-state index in [-0.39, 0.29) is 0 Å². The minimum atomic E-state index is -1.03. The SMILES string of the molecule is COc1ccc(CNCC(C)(C)NC(=O)O)c(OC)c1. The predicted octanol–water partition coefficient (Wildman–Crippen LogP) is 1.84. The van der Waals surface area contributed by atoms with Crippen LogP contribution in [0, 0.1) is 0 Å². The van der Waals surface area contributed by atoms with Gasteiger partial charge in [0.1, 0.15) is 11.5 Å². The Morgan fingerprint density at radius 2 is 2.00 bits per heavy atom. The Labute approximate surface area is 119 Å². The Morgan fingerprint density at radius 1 is 1.30 bits per heavy atom. The lowest BCUT2D eigenvalue weighted by Gasteiger charge is -2.25. The molecule has 0 atom stereocenters. The van der Waals surface area contributed by atoms with Crippen LogP contribution in [0.4, 0.5) is 4.79 Å². The minimum absolute atomic E-state index is 0.508. The Balaban J connectivity index is 2.59. The van der Waals surface area contributed by atoms with Gasteiger partial charge in [-0.05, 0) is 19.9 Å². The molecule has 0 aliphatic rings. The van der Waals surface area contributed by atoms with E-state index >= 15 is 0 Å². The van der Waals surface area contributed by atoms with Crippen LogP contribution >= 0.6 is 0 Å². The van der Waals surface area contributed by atoms with Crippen molar-refractivity contribution in [3.05, 3.63) is 23.8 Å². The van der Waals surface area contributed by atoms with Gasteiger partial charge in [0.2, 0.25) is 0 Å². The minimum Gasteiger partial charge on any atom is -0.497 e. The molecule has 1 aromatic carbocycles. The van der Waals surface area contributed by atoms with Crippen LogP contribution in [0.2, 0.25) is 0 Å². The van der Waals surface area contributed by atoms with Crippen molar-refractivity contribution in [3.8, 4) is 11.5 Å². The predicted molar refractivity (Wildman–Crippen MR) is 76.5 cm³/mol. The standard InChI is InChI=1S/C14H22N2O4/c1-14(2,16-13(17)18)9-15-8-10-5-6-11(19-3)7-12(10)20-4/h5-7,15-16H,8-9H2,1-4H3,(H,17,18). The molecule has 1 amide bonds. The van der Waals surface area contributed by atoms with Crippen LogP contribution in [0.3, 0.4) is 0 Å². The van der Waals surface area contributed by atoms with Crippen molar-refractivity contribution in [2.75, 3.05) is 20.8 Å². The van der Waals surface area contributed by atoms with E-state index in [0.29, 0.717) is 13.1 Å². The number of ether oxygens (including phenoxy) is 2. The number of carboxylic acid groups (broad SMARTS) is 1. The molecule has 1 rings (SSSR count). The fourth-order valence-electron chi connectivity index (χ4n) is 1.84. The van der Waals surface area contributed by atoms with Gasteiger partial charge >= 0.3 is 6.09 Å². The molecule has 0 aliphatic heterocycles. The van der Waals surface area contributed by atoms with Gasteiger partial charge in [-0.3, -0.25) is 0 Å². The first-order valence-electron chi connectivity index (χ1n) is 6.30. The smallest absolute Gasteiger partial charge is 0.405 e. The van der Waals surface area contributed by atoms with Gasteiger partial charge in [-0.1, -0.05) is 6.07 Å². The van der Waals surface area contributed by atoms with Gasteiger partial charge in [-0.25, -0.2) is 4.79 Å². The maximum absolute atomic E-state index is 10.6. The number of methoxy groups -OCH3 is 2. The van der Waals surface area contributed by atoms with Crippen molar-refractivity contribution < 1.29 is 19.4 Å². The molecule has 0 fully saturated rings. The summed E-state index contributed by atoms with van der Waals surface area (Å²) in [5.41, 5.74) is 0.449. The molecule has 1 aromatic rings. The van der Waals surface area contributed by atoms with Gasteiger partial charge < -0.3 is 25.2 Å². The Bertz CT molecular complexity index is 460. The highest BCUT2D eigenvalue weighted by Gasteiger charge is 2.19. The molecule has 0 unspecified atom stereocenters. The van der Waals surface area contributed by atoms with Crippen molar-refractivity contribution in [2.45, 2.75) is 25.9 Å². The van der Waals surface area contributed by atoms with Crippen LogP contribution in [0.1, 0.15) is 19.4 Å². The quantitative estimate of drug-likeness (QED) is 0.711. The van der Waals surface area contributed by atoms with Gasteiger partial charge in [-0.2, -0.15) is 0 Å². The van der Waals surface area contributed by atoms with Crippen LogP contribution in [0.5, 0.6) is 11.5 Å². The van der Waals surface area contributed by atoms with Crippen LogP contribution in [-0.2, 0) is 6.54 Å². The lowest BCUT2D eigenvalue weighted by molar-refractivity contribution is 0.181. The lowest BCUT2D eigenvalue weighted by atomic mass is 10.1. The van der Waals surface area contributed by atoms with Crippen LogP contribution in [0.15, 0.2) is 18.2 Å². The molecule has 3 N–H and O–H groups in total. The molecule has 0 heterocycles. The largest absolute Gasteiger partial charge is 0.497 e. The zero-order valence-electron chi connectivity index (χ0n) is 12.3. The van der Waals surface area contributed by atoms with Crippen molar-refractivity contribution >= 4 is 6.09 Å². The van der Waals surface area contributed by atoms with Gasteiger partial charge in [-0.15, -0.1) is 0 Å². The molecule has 112 valence electrons. The highest BCUT2D eigenvalue weighted by molar-refractivity contribution is 5.65. The second-order valence-corrected chi connectivity index (χ2v) is 5.10. The Hall–Kier alpha value is -1.95. The van der Waals surface area contributed by atoms with E-state index in [1.807, 2.05) is 32.0 Å². The van der Waals surface area contributed by atoms with E-state index in [0.717, 1.165) is 17.1 Å². The molecule has 0 aliphatic carbocycles. The van der Waals surface area contributed by atoms with Crippen LogP contribution in [-0.4, -0.2) is 37.5 Å². The summed E-state index contributed by atoms with van der Waals surface area (Å²) in [6.45, 7) is 4.73. The second-order valence-electron chi connectivity index (χ2n) is 5.10. The molecular weight excluding hydrogens is 260 g/mol. The third-order valence-corrected chi connectivity index (χ3v) is 2.82. The lowest BCUT2D eigenvalue weighted by Crippen LogP contribution is -2.49. The van der Waals surface area contributed by atoms with Gasteiger partial charge in [0, 0.05) is 24.7 Å². The van der Waals surface area contributed by atoms with Crippen LogP contribution < -0.4 is 20.1 Å². The summed E-state index contributed by atoms with van der Waals surface area (Å²) in [7, 11) is 3.21. The topological polar surface area (TPSA) is 79.8 Å². The molecule has 0 spiro atoms. The van der Waals surface area contributed by atoms with E-state index in [9.17, 15) is 4.79 Å². The van der Waals surface area contributed by atoms with Crippen molar-refractivity contribution in [2.24, 2.45) is 0 Å². The Morgan fingerprint density at radius 3 is 2.55 bits per heavy atom. The molecule has 6 nitrogen and oxygen atoms in total. The van der Waals surface area contributed by atoms with Gasteiger partial charge in [0.25, 0.3) is 0 Å². The molecule has 0 radical (unpaired) electrons. The third kappa shape index (κ3) is 4.97. The van der Waals surface area contributed by atoms with E-state index in [1.165, 1.54) is 0 Å². The summed E-state index contributed by atoms with van der Waals surface area (Å²) in [4.78, 5) is 10.6. The number of rotatable bonds is 7. The van der Waals surface area contributed by atoms with Gasteiger partial charge in [0.05, 0.1) is 19.8 Å². The van der Waals surface area contributed by atoms with Crippen LogP contribution in [0.25, 0.3) is 0 Å². The molecule has 20 heavy (non-hydrogen) atoms. The van der Waals surface area contributed by atoms with E-state index in [1.54, 1.807) is 14.2 Å². The number of carbonyl (C=O) groups is 1. The summed E-state index contributed by atoms with van der Waals surface area (Å²) in [5.74, 6) is 1.47.